The first-order valence-electron chi connectivity index (χ1n) is 13.8. The number of fused-ring (bicyclic) bond motifs is 2. The predicted octanol–water partition coefficient (Wildman–Crippen LogP) is 5.92. The van der Waals surface area contributed by atoms with Crippen molar-refractivity contribution in [3.63, 3.8) is 0 Å². The number of nitrogens with zero attached hydrogens (tertiary/aromatic N) is 3. The molecule has 5 rings (SSSR count). The number of likely N-dealkylation sites (tertiary alicyclic amines) is 1. The van der Waals surface area contributed by atoms with E-state index in [1.165, 1.54) is 12.8 Å². The summed E-state index contributed by atoms with van der Waals surface area (Å²) >= 11 is 0. The Labute approximate surface area is 231 Å². The number of rotatable bonds is 7. The molecule has 1 fully saturated rings. The Morgan fingerprint density at radius 2 is 2.03 bits per heavy atom. The van der Waals surface area contributed by atoms with Crippen molar-refractivity contribution in [2.75, 3.05) is 32.1 Å². The second-order valence-electron chi connectivity index (χ2n) is 11.0. The van der Waals surface area contributed by atoms with Crippen LogP contribution in [0.2, 0.25) is 0 Å². The number of hydrogen-bond donors (Lipinski definition) is 1. The number of amides is 1. The Balaban J connectivity index is 1.30. The van der Waals surface area contributed by atoms with E-state index in [2.05, 4.69) is 26.7 Å². The van der Waals surface area contributed by atoms with Crippen molar-refractivity contribution < 1.29 is 14.3 Å². The molecule has 1 N–H and O–H groups in total. The summed E-state index contributed by atoms with van der Waals surface area (Å²) in [7, 11) is 1.58. The summed E-state index contributed by atoms with van der Waals surface area (Å²) < 4.78 is 13.8. The van der Waals surface area contributed by atoms with Crippen LogP contribution in [0.25, 0.3) is 17.0 Å². The van der Waals surface area contributed by atoms with E-state index in [0.29, 0.717) is 23.0 Å². The summed E-state index contributed by atoms with van der Waals surface area (Å²) in [6, 6.07) is 9.59. The van der Waals surface area contributed by atoms with Crippen LogP contribution in [0, 0.1) is 24.7 Å². The van der Waals surface area contributed by atoms with Gasteiger partial charge in [0.15, 0.2) is 0 Å². The zero-order valence-electron chi connectivity index (χ0n) is 23.6. The van der Waals surface area contributed by atoms with E-state index >= 15 is 0 Å². The Morgan fingerprint density at radius 3 is 2.77 bits per heavy atom. The molecule has 0 saturated carbocycles. The lowest BCUT2D eigenvalue weighted by Crippen LogP contribution is -2.34. The number of carbonyl (C=O) groups excluding carboxylic acids is 1. The number of anilines is 1. The fraction of sp³-hybridized carbons (Fsp3) is 0.438. The van der Waals surface area contributed by atoms with Crippen molar-refractivity contribution in [2.24, 2.45) is 5.92 Å². The lowest BCUT2D eigenvalue weighted by atomic mass is 9.93. The van der Waals surface area contributed by atoms with Gasteiger partial charge in [-0.05, 0) is 108 Å². The lowest BCUT2D eigenvalue weighted by Gasteiger charge is -2.30. The van der Waals surface area contributed by atoms with Gasteiger partial charge in [0.2, 0.25) is 0 Å². The van der Waals surface area contributed by atoms with Crippen LogP contribution in [0.4, 0.5) is 5.69 Å². The highest BCUT2D eigenvalue weighted by Crippen LogP contribution is 2.39. The summed E-state index contributed by atoms with van der Waals surface area (Å²) in [6.07, 6.45) is 7.43. The summed E-state index contributed by atoms with van der Waals surface area (Å²) in [5.41, 5.74) is 3.60. The maximum Gasteiger partial charge on any atom is 0.259 e. The molecule has 0 unspecified atom stereocenters. The van der Waals surface area contributed by atoms with Gasteiger partial charge >= 0.3 is 0 Å². The van der Waals surface area contributed by atoms with Crippen LogP contribution in [0.3, 0.4) is 0 Å². The van der Waals surface area contributed by atoms with Crippen LogP contribution in [0.15, 0.2) is 36.4 Å². The predicted molar refractivity (Wildman–Crippen MR) is 156 cm³/mol. The van der Waals surface area contributed by atoms with Gasteiger partial charge in [0.1, 0.15) is 17.1 Å². The highest BCUT2D eigenvalue weighted by Gasteiger charge is 2.27. The van der Waals surface area contributed by atoms with E-state index in [0.717, 1.165) is 60.4 Å². The minimum absolute atomic E-state index is 0.227. The maximum atomic E-state index is 13.4. The summed E-state index contributed by atoms with van der Waals surface area (Å²) in [4.78, 5) is 15.8. The van der Waals surface area contributed by atoms with Crippen molar-refractivity contribution in [1.82, 2.24) is 14.7 Å². The van der Waals surface area contributed by atoms with Gasteiger partial charge in [0, 0.05) is 17.6 Å². The standard InChI is InChI=1S/C32H38N4O3/c1-6-7-17-35-18-13-23(14-19-35)15-20-36-28-21-24(8-9-25(28)22(2)34-36)33-31(37)27-10-11-29-26(30(27)38-5)12-16-32(3,4)39-29/h8-12,16,21,23H,13-15,17-20H2,1-5H3,(H,33,37). The zero-order chi connectivity index (χ0) is 27.6. The van der Waals surface area contributed by atoms with Crippen molar-refractivity contribution in [1.29, 1.82) is 0 Å². The highest BCUT2D eigenvalue weighted by atomic mass is 16.5. The summed E-state index contributed by atoms with van der Waals surface area (Å²) in [6.45, 7) is 11.9. The van der Waals surface area contributed by atoms with E-state index in [-0.39, 0.29) is 5.91 Å². The van der Waals surface area contributed by atoms with Gasteiger partial charge in [-0.2, -0.15) is 5.10 Å². The molecule has 3 heterocycles. The van der Waals surface area contributed by atoms with Gasteiger partial charge in [-0.25, -0.2) is 0 Å². The van der Waals surface area contributed by atoms with Crippen LogP contribution in [0.5, 0.6) is 11.5 Å². The number of benzene rings is 2. The molecular weight excluding hydrogens is 488 g/mol. The molecule has 204 valence electrons. The Bertz CT molecular complexity index is 1470. The Hall–Kier alpha value is -3.76. The van der Waals surface area contributed by atoms with E-state index in [1.54, 1.807) is 13.2 Å². The molecule has 2 aliphatic heterocycles. The number of carbonyl (C=O) groups is 1. The average Bonchev–Trinajstić information content (AvgIpc) is 3.24. The second kappa shape index (κ2) is 11.2. The number of hydrogen-bond acceptors (Lipinski definition) is 5. The van der Waals surface area contributed by atoms with Crippen LogP contribution < -0.4 is 14.8 Å². The molecule has 0 bridgehead atoms. The molecule has 3 aromatic rings. The molecule has 2 aliphatic rings. The normalized spacial score (nSPS) is 16.7. The monoisotopic (exact) mass is 526 g/mol. The van der Waals surface area contributed by atoms with Gasteiger partial charge in [0.05, 0.1) is 36.0 Å². The topological polar surface area (TPSA) is 68.6 Å². The maximum absolute atomic E-state index is 13.4. The van der Waals surface area contributed by atoms with E-state index < -0.39 is 5.60 Å². The van der Waals surface area contributed by atoms with Gasteiger partial charge in [0.25, 0.3) is 5.91 Å². The minimum atomic E-state index is -0.403. The largest absolute Gasteiger partial charge is 0.495 e. The third kappa shape index (κ3) is 5.81. The second-order valence-corrected chi connectivity index (χ2v) is 11.0. The molecule has 7 nitrogen and oxygen atoms in total. The van der Waals surface area contributed by atoms with Crippen molar-refractivity contribution in [3.05, 3.63) is 53.2 Å². The lowest BCUT2D eigenvalue weighted by molar-refractivity contribution is 0.102. The SMILES string of the molecule is CC#CCN1CCC(CCn2nc(C)c3ccc(NC(=O)c4ccc5c(c4OC)C=CC(C)(C)O5)cc32)CC1. The third-order valence-corrected chi connectivity index (χ3v) is 7.76. The number of ether oxygens (including phenoxy) is 2. The van der Waals surface area contributed by atoms with Crippen LogP contribution in [0.1, 0.15) is 61.6 Å². The van der Waals surface area contributed by atoms with Crippen LogP contribution in [-0.4, -0.2) is 52.9 Å². The first kappa shape index (κ1) is 26.8. The Kier molecular flexibility index (Phi) is 7.67. The summed E-state index contributed by atoms with van der Waals surface area (Å²) in [5.74, 6) is 7.85. The van der Waals surface area contributed by atoms with E-state index in [1.807, 2.05) is 64.1 Å². The molecule has 1 saturated heterocycles. The molecule has 1 aromatic heterocycles. The molecule has 7 heteroatoms. The number of piperidine rings is 1. The smallest absolute Gasteiger partial charge is 0.259 e. The molecule has 0 radical (unpaired) electrons. The first-order valence-corrected chi connectivity index (χ1v) is 13.8. The molecular formula is C32H38N4O3. The Morgan fingerprint density at radius 1 is 1.23 bits per heavy atom. The minimum Gasteiger partial charge on any atom is -0.495 e. The van der Waals surface area contributed by atoms with Gasteiger partial charge in [-0.1, -0.05) is 5.92 Å². The van der Waals surface area contributed by atoms with Gasteiger partial charge in [-0.15, -0.1) is 5.92 Å². The van der Waals surface area contributed by atoms with Crippen LogP contribution >= 0.6 is 0 Å². The average molecular weight is 527 g/mol. The van der Waals surface area contributed by atoms with Crippen molar-refractivity contribution in [2.45, 2.75) is 59.1 Å². The number of aromatic nitrogens is 2. The number of methoxy groups -OCH3 is 1. The number of nitrogens with one attached hydrogen (secondary N) is 1. The summed E-state index contributed by atoms with van der Waals surface area (Å²) in [5, 5.41) is 9.01. The van der Waals surface area contributed by atoms with Crippen LogP contribution in [-0.2, 0) is 6.54 Å². The van der Waals surface area contributed by atoms with E-state index in [9.17, 15) is 4.79 Å². The molecule has 2 aromatic carbocycles. The molecule has 0 spiro atoms. The molecule has 1 amide bonds. The number of aryl methyl sites for hydroxylation is 2. The molecule has 39 heavy (non-hydrogen) atoms. The fourth-order valence-electron chi connectivity index (χ4n) is 5.54. The molecule has 0 aliphatic carbocycles. The third-order valence-electron chi connectivity index (χ3n) is 7.76. The quantitative estimate of drug-likeness (QED) is 0.388. The highest BCUT2D eigenvalue weighted by molar-refractivity contribution is 6.08. The van der Waals surface area contributed by atoms with Gasteiger partial charge in [-0.3, -0.25) is 14.4 Å². The first-order chi connectivity index (χ1) is 18.8. The zero-order valence-corrected chi connectivity index (χ0v) is 23.6. The fourth-order valence-corrected chi connectivity index (χ4v) is 5.54. The van der Waals surface area contributed by atoms with Crippen molar-refractivity contribution >= 4 is 28.6 Å². The van der Waals surface area contributed by atoms with E-state index in [4.69, 9.17) is 14.6 Å². The molecule has 0 atom stereocenters. The van der Waals surface area contributed by atoms with Crippen molar-refractivity contribution in [3.8, 4) is 23.3 Å². The van der Waals surface area contributed by atoms with Gasteiger partial charge < -0.3 is 14.8 Å².